The lowest BCUT2D eigenvalue weighted by Crippen LogP contribution is -2.21. The Kier molecular flexibility index (Phi) is 6.76. The van der Waals surface area contributed by atoms with Crippen molar-refractivity contribution in [3.8, 4) is 0 Å². The summed E-state index contributed by atoms with van der Waals surface area (Å²) in [5.74, 6) is -0.173. The van der Waals surface area contributed by atoms with Crippen LogP contribution in [0.15, 0.2) is 25.3 Å². The minimum absolute atomic E-state index is 0.173. The summed E-state index contributed by atoms with van der Waals surface area (Å²) in [7, 11) is 0. The Morgan fingerprint density at radius 2 is 1.93 bits per heavy atom. The number of hydrogen-bond donors (Lipinski definition) is 0. The molecule has 0 aromatic carbocycles. The molecule has 2 nitrogen and oxygen atoms in total. The van der Waals surface area contributed by atoms with Crippen molar-refractivity contribution in [1.29, 1.82) is 0 Å². The largest absolute Gasteiger partial charge is 0.466 e. The van der Waals surface area contributed by atoms with Gasteiger partial charge >= 0.3 is 5.97 Å². The van der Waals surface area contributed by atoms with Gasteiger partial charge in [-0.15, -0.1) is 13.2 Å². The molecule has 0 amide bonds. The lowest BCUT2D eigenvalue weighted by Gasteiger charge is -2.25. The summed E-state index contributed by atoms with van der Waals surface area (Å²) in [5, 5.41) is 0. The van der Waals surface area contributed by atoms with Gasteiger partial charge in [-0.25, -0.2) is 0 Å². The van der Waals surface area contributed by atoms with Gasteiger partial charge in [-0.3, -0.25) is 4.79 Å². The van der Waals surface area contributed by atoms with Crippen LogP contribution in [0.5, 0.6) is 0 Å². The number of carbonyl (C=O) groups excluding carboxylic acids is 1. The molecule has 0 fully saturated rings. The molecular weight excluding hydrogens is 188 g/mol. The Labute approximate surface area is 93.0 Å². The number of rotatable bonds is 8. The van der Waals surface area contributed by atoms with E-state index < -0.39 is 0 Å². The van der Waals surface area contributed by atoms with Crippen molar-refractivity contribution >= 4 is 5.97 Å². The summed E-state index contributed by atoms with van der Waals surface area (Å²) in [6.45, 7) is 11.9. The van der Waals surface area contributed by atoms with Crippen molar-refractivity contribution in [3.63, 3.8) is 0 Å². The number of ether oxygens (including phenoxy) is 1. The smallest absolute Gasteiger partial charge is 0.306 e. The van der Waals surface area contributed by atoms with Crippen molar-refractivity contribution in [2.24, 2.45) is 5.41 Å². The summed E-state index contributed by atoms with van der Waals surface area (Å²) in [4.78, 5) is 11.4. The van der Waals surface area contributed by atoms with Crippen LogP contribution in [0.2, 0.25) is 0 Å². The van der Waals surface area contributed by atoms with E-state index in [0.29, 0.717) is 13.0 Å². The lowest BCUT2D eigenvalue weighted by molar-refractivity contribution is -0.144. The highest BCUT2D eigenvalue weighted by atomic mass is 16.5. The quantitative estimate of drug-likeness (QED) is 0.453. The van der Waals surface area contributed by atoms with Gasteiger partial charge in [0.15, 0.2) is 0 Å². The molecule has 0 radical (unpaired) electrons. The fourth-order valence-corrected chi connectivity index (χ4v) is 1.51. The molecule has 0 spiro atoms. The molecule has 0 unspecified atom stereocenters. The fraction of sp³-hybridized carbons (Fsp3) is 0.615. The molecule has 86 valence electrons. The topological polar surface area (TPSA) is 26.3 Å². The second-order valence-corrected chi connectivity index (χ2v) is 3.73. The number of allylic oxidation sites excluding steroid dienone is 2. The maximum absolute atomic E-state index is 11.4. The first-order valence-corrected chi connectivity index (χ1v) is 5.57. The predicted molar refractivity (Wildman–Crippen MR) is 63.6 cm³/mol. The van der Waals surface area contributed by atoms with E-state index in [1.165, 1.54) is 0 Å². The van der Waals surface area contributed by atoms with Crippen LogP contribution in [0.1, 0.15) is 39.5 Å². The fourth-order valence-electron chi connectivity index (χ4n) is 1.51. The van der Waals surface area contributed by atoms with Crippen molar-refractivity contribution in [2.45, 2.75) is 39.5 Å². The highest BCUT2D eigenvalue weighted by Crippen LogP contribution is 2.32. The SMILES string of the molecule is C=CC(C=C)(CCCC)CC(=O)OCC. The average Bonchev–Trinajstić information content (AvgIpc) is 2.25. The van der Waals surface area contributed by atoms with E-state index in [4.69, 9.17) is 4.74 Å². The zero-order valence-corrected chi connectivity index (χ0v) is 9.92. The standard InChI is InChI=1S/C13H22O2/c1-5-9-10-13(6-2,7-3)11-12(14)15-8-4/h6-7H,2-3,5,8-11H2,1,4H3. The van der Waals surface area contributed by atoms with Crippen LogP contribution in [-0.2, 0) is 9.53 Å². The highest BCUT2D eigenvalue weighted by molar-refractivity contribution is 5.71. The predicted octanol–water partition coefficient (Wildman–Crippen LogP) is 3.49. The summed E-state index contributed by atoms with van der Waals surface area (Å²) in [5.41, 5.74) is -0.289. The third kappa shape index (κ3) is 4.82. The maximum atomic E-state index is 11.4. The third-order valence-electron chi connectivity index (χ3n) is 2.59. The lowest BCUT2D eigenvalue weighted by atomic mass is 9.80. The van der Waals surface area contributed by atoms with Crippen molar-refractivity contribution in [3.05, 3.63) is 25.3 Å². The summed E-state index contributed by atoms with van der Waals surface area (Å²) < 4.78 is 4.95. The molecule has 0 saturated heterocycles. The first kappa shape index (κ1) is 13.9. The van der Waals surface area contributed by atoms with Crippen molar-refractivity contribution in [1.82, 2.24) is 0 Å². The average molecular weight is 210 g/mol. The molecule has 0 aliphatic rings. The second kappa shape index (κ2) is 7.27. The molecule has 2 heteroatoms. The van der Waals surface area contributed by atoms with E-state index in [-0.39, 0.29) is 11.4 Å². The van der Waals surface area contributed by atoms with Crippen LogP contribution in [-0.4, -0.2) is 12.6 Å². The van der Waals surface area contributed by atoms with E-state index in [1.54, 1.807) is 0 Å². The van der Waals surface area contributed by atoms with Crippen LogP contribution in [0.25, 0.3) is 0 Å². The number of hydrogen-bond acceptors (Lipinski definition) is 2. The van der Waals surface area contributed by atoms with Crippen LogP contribution in [0.4, 0.5) is 0 Å². The Morgan fingerprint density at radius 3 is 2.33 bits per heavy atom. The Balaban J connectivity index is 4.41. The van der Waals surface area contributed by atoms with Gasteiger partial charge in [-0.2, -0.15) is 0 Å². The first-order valence-electron chi connectivity index (χ1n) is 5.57. The number of esters is 1. The Hall–Kier alpha value is -1.05. The van der Waals surface area contributed by atoms with E-state index in [1.807, 2.05) is 19.1 Å². The van der Waals surface area contributed by atoms with E-state index in [2.05, 4.69) is 20.1 Å². The summed E-state index contributed by atoms with van der Waals surface area (Å²) in [6.07, 6.45) is 7.06. The Morgan fingerprint density at radius 1 is 1.33 bits per heavy atom. The molecule has 15 heavy (non-hydrogen) atoms. The van der Waals surface area contributed by atoms with Crippen LogP contribution >= 0.6 is 0 Å². The maximum Gasteiger partial charge on any atom is 0.306 e. The minimum atomic E-state index is -0.289. The molecule has 0 bridgehead atoms. The molecule has 0 aromatic heterocycles. The molecule has 0 aliphatic heterocycles. The number of carbonyl (C=O) groups is 1. The van der Waals surface area contributed by atoms with Gasteiger partial charge in [0, 0.05) is 5.41 Å². The molecule has 0 N–H and O–H groups in total. The highest BCUT2D eigenvalue weighted by Gasteiger charge is 2.26. The summed E-state index contributed by atoms with van der Waals surface area (Å²) in [6, 6.07) is 0. The van der Waals surface area contributed by atoms with Gasteiger partial charge in [-0.1, -0.05) is 31.9 Å². The van der Waals surface area contributed by atoms with Gasteiger partial charge < -0.3 is 4.74 Å². The summed E-state index contributed by atoms with van der Waals surface area (Å²) >= 11 is 0. The molecular formula is C13H22O2. The number of unbranched alkanes of at least 4 members (excludes halogenated alkanes) is 1. The van der Waals surface area contributed by atoms with Crippen LogP contribution in [0.3, 0.4) is 0 Å². The van der Waals surface area contributed by atoms with Gasteiger partial charge in [-0.05, 0) is 13.3 Å². The monoisotopic (exact) mass is 210 g/mol. The second-order valence-electron chi connectivity index (χ2n) is 3.73. The van der Waals surface area contributed by atoms with Gasteiger partial charge in [0.05, 0.1) is 13.0 Å². The van der Waals surface area contributed by atoms with Gasteiger partial charge in [0.2, 0.25) is 0 Å². The van der Waals surface area contributed by atoms with Crippen molar-refractivity contribution < 1.29 is 9.53 Å². The zero-order valence-electron chi connectivity index (χ0n) is 9.92. The molecule has 0 atom stereocenters. The normalized spacial score (nSPS) is 10.8. The van der Waals surface area contributed by atoms with E-state index in [9.17, 15) is 4.79 Å². The molecule has 0 aromatic rings. The van der Waals surface area contributed by atoms with Crippen LogP contribution < -0.4 is 0 Å². The molecule has 0 saturated carbocycles. The van der Waals surface area contributed by atoms with Gasteiger partial charge in [0.25, 0.3) is 0 Å². The molecule has 0 rings (SSSR count). The van der Waals surface area contributed by atoms with Crippen LogP contribution in [0, 0.1) is 5.41 Å². The first-order chi connectivity index (χ1) is 7.14. The van der Waals surface area contributed by atoms with E-state index >= 15 is 0 Å². The van der Waals surface area contributed by atoms with E-state index in [0.717, 1.165) is 19.3 Å². The Bertz CT molecular complexity index is 211. The molecule has 0 aliphatic carbocycles. The zero-order chi connectivity index (χ0) is 11.7. The van der Waals surface area contributed by atoms with Gasteiger partial charge in [0.1, 0.15) is 0 Å². The minimum Gasteiger partial charge on any atom is -0.466 e. The third-order valence-corrected chi connectivity index (χ3v) is 2.59. The van der Waals surface area contributed by atoms with Crippen molar-refractivity contribution in [2.75, 3.05) is 6.61 Å². The molecule has 0 heterocycles.